The second kappa shape index (κ2) is 8.87. The molecule has 5 atom stereocenters. The number of nitrogens with zero attached hydrogens (tertiary/aromatic N) is 1. The number of likely N-dealkylation sites (N-methyl/N-ethyl adjacent to an activating group) is 1. The molecule has 5 rings (SSSR count). The van der Waals surface area contributed by atoms with Crippen LogP contribution in [0.25, 0.3) is 17.4 Å². The van der Waals surface area contributed by atoms with Crippen molar-refractivity contribution in [2.75, 3.05) is 14.1 Å². The molecule has 0 aliphatic heterocycles. The average Bonchev–Trinajstić information content (AvgIpc) is 2.86. The van der Waals surface area contributed by atoms with Gasteiger partial charge in [0, 0.05) is 5.92 Å². The molecule has 2 aromatic carbocycles. The monoisotopic (exact) mass is 536 g/mol. The zero-order chi connectivity index (χ0) is 28.5. The molecule has 3 aliphatic carbocycles. The molecular formula is C28H25FN2O8. The second-order valence-electron chi connectivity index (χ2n) is 10.1. The summed E-state index contributed by atoms with van der Waals surface area (Å²) in [7, 11) is 2.85. The molecule has 7 N–H and O–H groups in total. The predicted octanol–water partition coefficient (Wildman–Crippen LogP) is 1.07. The highest BCUT2D eigenvalue weighted by Crippen LogP contribution is 2.56. The van der Waals surface area contributed by atoms with Gasteiger partial charge in [0.05, 0.1) is 29.2 Å². The summed E-state index contributed by atoms with van der Waals surface area (Å²) in [5.74, 6) is -9.73. The van der Waals surface area contributed by atoms with Gasteiger partial charge in [0.15, 0.2) is 11.4 Å². The molecule has 0 saturated heterocycles. The number of ketones is 2. The average molecular weight is 537 g/mol. The lowest BCUT2D eigenvalue weighted by Crippen LogP contribution is -2.70. The van der Waals surface area contributed by atoms with Crippen LogP contribution in [0.15, 0.2) is 59.4 Å². The number of amides is 1. The molecule has 39 heavy (non-hydrogen) atoms. The summed E-state index contributed by atoms with van der Waals surface area (Å²) in [6, 6.07) is 8.08. The Hall–Kier alpha value is -4.32. The van der Waals surface area contributed by atoms with Crippen molar-refractivity contribution >= 4 is 34.9 Å². The van der Waals surface area contributed by atoms with Crippen LogP contribution in [0, 0.1) is 17.7 Å². The van der Waals surface area contributed by atoms with Gasteiger partial charge in [0.2, 0.25) is 5.78 Å². The Morgan fingerprint density at radius 1 is 1.08 bits per heavy atom. The zero-order valence-corrected chi connectivity index (χ0v) is 20.8. The van der Waals surface area contributed by atoms with Crippen LogP contribution in [0.2, 0.25) is 0 Å². The summed E-state index contributed by atoms with van der Waals surface area (Å²) in [6.07, 6.45) is -0.268. The van der Waals surface area contributed by atoms with Crippen molar-refractivity contribution in [3.05, 3.63) is 81.9 Å². The lowest BCUT2D eigenvalue weighted by Gasteiger charge is -2.53. The number of Topliss-reactive ketones (excluding diaryl/α,β-unsaturated/α-hetero) is 2. The van der Waals surface area contributed by atoms with E-state index in [1.807, 2.05) is 0 Å². The molecule has 11 heteroatoms. The molecule has 1 saturated carbocycles. The van der Waals surface area contributed by atoms with Gasteiger partial charge >= 0.3 is 0 Å². The van der Waals surface area contributed by atoms with E-state index in [1.54, 1.807) is 0 Å². The van der Waals surface area contributed by atoms with Gasteiger partial charge in [-0.2, -0.15) is 0 Å². The topological polar surface area (TPSA) is 182 Å². The molecular weight excluding hydrogens is 511 g/mol. The van der Waals surface area contributed by atoms with Crippen molar-refractivity contribution in [3.8, 4) is 5.75 Å². The highest BCUT2D eigenvalue weighted by Gasteiger charge is 2.68. The Labute approximate surface area is 221 Å². The van der Waals surface area contributed by atoms with Crippen LogP contribution in [0.4, 0.5) is 4.39 Å². The zero-order valence-electron chi connectivity index (χ0n) is 20.8. The number of halogens is 1. The van der Waals surface area contributed by atoms with Crippen molar-refractivity contribution in [1.82, 2.24) is 4.90 Å². The third kappa shape index (κ3) is 3.54. The van der Waals surface area contributed by atoms with E-state index in [0.717, 1.165) is 0 Å². The molecule has 2 aromatic rings. The van der Waals surface area contributed by atoms with Gasteiger partial charge in [0.25, 0.3) is 5.91 Å². The molecule has 0 unspecified atom stereocenters. The van der Waals surface area contributed by atoms with Gasteiger partial charge < -0.3 is 31.3 Å². The predicted molar refractivity (Wildman–Crippen MR) is 136 cm³/mol. The van der Waals surface area contributed by atoms with Gasteiger partial charge in [0.1, 0.15) is 28.7 Å². The van der Waals surface area contributed by atoms with Gasteiger partial charge in [-0.3, -0.25) is 19.3 Å². The van der Waals surface area contributed by atoms with E-state index in [-0.39, 0.29) is 16.7 Å². The van der Waals surface area contributed by atoms with Gasteiger partial charge in [-0.25, -0.2) is 4.39 Å². The number of hydrogen-bond acceptors (Lipinski definition) is 9. The van der Waals surface area contributed by atoms with Gasteiger partial charge in [-0.15, -0.1) is 0 Å². The Kier molecular flexibility index (Phi) is 5.98. The fraction of sp³-hybridized carbons (Fsp3) is 0.250. The molecule has 10 nitrogen and oxygen atoms in total. The van der Waals surface area contributed by atoms with Crippen LogP contribution >= 0.6 is 0 Å². The van der Waals surface area contributed by atoms with Crippen molar-refractivity contribution in [1.29, 1.82) is 0 Å². The minimum absolute atomic E-state index is 0.172. The number of benzene rings is 2. The second-order valence-corrected chi connectivity index (χ2v) is 10.1. The Morgan fingerprint density at radius 2 is 1.72 bits per heavy atom. The number of aliphatic hydroxyl groups is 4. The quantitative estimate of drug-likeness (QED) is 0.313. The third-order valence-electron chi connectivity index (χ3n) is 7.72. The number of primary amides is 1. The molecule has 202 valence electrons. The summed E-state index contributed by atoms with van der Waals surface area (Å²) in [5, 5.41) is 56.4. The van der Waals surface area contributed by atoms with Crippen LogP contribution in [-0.4, -0.2) is 79.7 Å². The van der Waals surface area contributed by atoms with Crippen LogP contribution in [-0.2, 0) is 14.4 Å². The first-order valence-electron chi connectivity index (χ1n) is 11.9. The summed E-state index contributed by atoms with van der Waals surface area (Å²) < 4.78 is 13.6. The maximum atomic E-state index is 14.1. The molecule has 0 aromatic heterocycles. The van der Waals surface area contributed by atoms with Crippen LogP contribution in [0.3, 0.4) is 0 Å². The molecule has 3 aliphatic rings. The summed E-state index contributed by atoms with van der Waals surface area (Å²) >= 11 is 0. The SMILES string of the molecule is CN(C)[C@H]1C(=O)C(C(N)=O)=C(O)[C@]2(O)C(=O)C3=C(O)c4c(O)cccc4/C(=C\c4ccc(F)cc4)[C@H]3[C@H](O)[C@H]12. The first kappa shape index (κ1) is 26.3. The van der Waals surface area contributed by atoms with Gasteiger partial charge in [-0.1, -0.05) is 30.3 Å². The van der Waals surface area contributed by atoms with E-state index in [9.17, 15) is 44.3 Å². The third-order valence-corrected chi connectivity index (χ3v) is 7.72. The smallest absolute Gasteiger partial charge is 0.255 e. The summed E-state index contributed by atoms with van der Waals surface area (Å²) in [6.45, 7) is 0. The molecule has 1 fully saturated rings. The summed E-state index contributed by atoms with van der Waals surface area (Å²) in [4.78, 5) is 40.8. The number of fused-ring (bicyclic) bond motifs is 3. The molecule has 0 heterocycles. The molecule has 0 radical (unpaired) electrons. The van der Waals surface area contributed by atoms with Crippen molar-refractivity contribution in [3.63, 3.8) is 0 Å². The Balaban J connectivity index is 1.86. The largest absolute Gasteiger partial charge is 0.508 e. The van der Waals surface area contributed by atoms with Crippen LogP contribution in [0.5, 0.6) is 5.75 Å². The maximum Gasteiger partial charge on any atom is 0.255 e. The normalized spacial score (nSPS) is 29.4. The minimum atomic E-state index is -3.02. The van der Waals surface area contributed by atoms with E-state index >= 15 is 0 Å². The number of rotatable bonds is 3. The van der Waals surface area contributed by atoms with Crippen molar-refractivity contribution < 1.29 is 44.3 Å². The Bertz CT molecular complexity index is 1540. The van der Waals surface area contributed by atoms with Crippen LogP contribution in [0.1, 0.15) is 16.7 Å². The lowest BCUT2D eigenvalue weighted by atomic mass is 9.55. The molecule has 1 amide bonds. The number of aliphatic hydroxyl groups excluding tert-OH is 3. The van der Waals surface area contributed by atoms with Crippen molar-refractivity contribution in [2.24, 2.45) is 17.6 Å². The first-order chi connectivity index (χ1) is 18.3. The van der Waals surface area contributed by atoms with E-state index in [2.05, 4.69) is 0 Å². The van der Waals surface area contributed by atoms with Crippen LogP contribution < -0.4 is 5.73 Å². The number of phenols is 1. The standard InChI is InChI=1S/C28H25FN2O8/c1-31(2)21-20-23(34)17-14(10-11-6-8-12(29)9-7-11)13-4-3-5-15(32)16(13)22(33)18(17)25(36)28(20,39)26(37)19(24(21)35)27(30)38/h3-10,17,20-21,23,32-34,37,39H,1-2H3,(H2,30,38)/b14-10+/t17-,20+,21-,23+,28-/m1/s1. The number of phenolic OH excluding ortho intramolecular Hbond substituents is 1. The number of carbonyl (C=O) groups excluding carboxylic acids is 3. The minimum Gasteiger partial charge on any atom is -0.508 e. The highest BCUT2D eigenvalue weighted by molar-refractivity contribution is 6.25. The first-order valence-corrected chi connectivity index (χ1v) is 11.9. The van der Waals surface area contributed by atoms with E-state index in [0.29, 0.717) is 5.56 Å². The number of nitrogens with two attached hydrogens (primary N) is 1. The number of aromatic hydroxyl groups is 1. The van der Waals surface area contributed by atoms with Gasteiger partial charge in [-0.05, 0) is 49.0 Å². The van der Waals surface area contributed by atoms with E-state index in [4.69, 9.17) is 5.73 Å². The fourth-order valence-electron chi connectivity index (χ4n) is 6.05. The lowest BCUT2D eigenvalue weighted by molar-refractivity contribution is -0.166. The fourth-order valence-corrected chi connectivity index (χ4v) is 6.05. The molecule has 0 spiro atoms. The number of hydrogen-bond donors (Lipinski definition) is 6. The maximum absolute atomic E-state index is 14.1. The van der Waals surface area contributed by atoms with E-state index in [1.165, 1.54) is 67.5 Å². The van der Waals surface area contributed by atoms with Crippen molar-refractivity contribution in [2.45, 2.75) is 17.7 Å². The van der Waals surface area contributed by atoms with E-state index < -0.39 is 81.3 Å². The Morgan fingerprint density at radius 3 is 2.31 bits per heavy atom. The molecule has 0 bridgehead atoms. The summed E-state index contributed by atoms with van der Waals surface area (Å²) in [5.41, 5.74) is 1.50. The number of carbonyl (C=O) groups is 3. The highest BCUT2D eigenvalue weighted by atomic mass is 19.1.